The van der Waals surface area contributed by atoms with Crippen molar-refractivity contribution in [3.63, 3.8) is 0 Å². The summed E-state index contributed by atoms with van der Waals surface area (Å²) in [6.45, 7) is 0. The van der Waals surface area contributed by atoms with Crippen molar-refractivity contribution in [2.45, 2.75) is 37.5 Å². The van der Waals surface area contributed by atoms with Crippen molar-refractivity contribution < 1.29 is 19.4 Å². The van der Waals surface area contributed by atoms with Gasteiger partial charge in [-0.1, -0.05) is 12.1 Å². The number of aliphatic hydroxyl groups is 1. The number of methoxy groups -OCH3 is 2. The number of amides is 1. The average Bonchev–Trinajstić information content (AvgIpc) is 2.80. The highest BCUT2D eigenvalue weighted by molar-refractivity contribution is 5.79. The van der Waals surface area contributed by atoms with Gasteiger partial charge in [-0.3, -0.25) is 4.79 Å². The molecule has 5 heteroatoms. The summed E-state index contributed by atoms with van der Waals surface area (Å²) < 4.78 is 10.2. The number of carbonyl (C=O) groups is 1. The minimum Gasteiger partial charge on any atom is -0.497 e. The monoisotopic (exact) mass is 279 g/mol. The van der Waals surface area contributed by atoms with Gasteiger partial charge in [0.25, 0.3) is 0 Å². The van der Waals surface area contributed by atoms with E-state index in [0.717, 1.165) is 24.2 Å². The molecular formula is C15H21NO4. The van der Waals surface area contributed by atoms with Gasteiger partial charge in [0.2, 0.25) is 5.91 Å². The third-order valence-electron chi connectivity index (χ3n) is 3.73. The van der Waals surface area contributed by atoms with Crippen molar-refractivity contribution in [3.05, 3.63) is 29.8 Å². The zero-order valence-electron chi connectivity index (χ0n) is 11.8. The molecule has 2 rings (SSSR count). The van der Waals surface area contributed by atoms with Crippen LogP contribution in [-0.2, 0) is 16.0 Å². The molecule has 1 aliphatic rings. The van der Waals surface area contributed by atoms with E-state index in [1.165, 1.54) is 0 Å². The Bertz CT molecular complexity index is 446. The normalized spacial score (nSPS) is 25.4. The SMILES string of the molecule is COc1ccc(CC(=O)N[C@@H]2CC[C@@H](OC)[C@@H]2O)cc1. The summed E-state index contributed by atoms with van der Waals surface area (Å²) in [4.78, 5) is 12.0. The predicted molar refractivity (Wildman–Crippen MR) is 74.7 cm³/mol. The van der Waals surface area contributed by atoms with Crippen LogP contribution in [0.3, 0.4) is 0 Å². The van der Waals surface area contributed by atoms with Crippen LogP contribution in [0.25, 0.3) is 0 Å². The Morgan fingerprint density at radius 1 is 1.30 bits per heavy atom. The van der Waals surface area contributed by atoms with E-state index in [0.29, 0.717) is 6.42 Å². The van der Waals surface area contributed by atoms with Gasteiger partial charge in [0, 0.05) is 7.11 Å². The van der Waals surface area contributed by atoms with E-state index in [4.69, 9.17) is 9.47 Å². The first kappa shape index (κ1) is 14.8. The maximum absolute atomic E-state index is 12.0. The summed E-state index contributed by atoms with van der Waals surface area (Å²) in [5.74, 6) is 0.680. The minimum atomic E-state index is -0.625. The molecule has 1 aromatic carbocycles. The fourth-order valence-electron chi connectivity index (χ4n) is 2.55. The zero-order valence-corrected chi connectivity index (χ0v) is 11.8. The van der Waals surface area contributed by atoms with Gasteiger partial charge >= 0.3 is 0 Å². The molecule has 0 saturated heterocycles. The molecule has 0 radical (unpaired) electrons. The zero-order chi connectivity index (χ0) is 14.5. The predicted octanol–water partition coefficient (Wildman–Crippen LogP) is 0.892. The van der Waals surface area contributed by atoms with Crippen LogP contribution >= 0.6 is 0 Å². The molecule has 0 bridgehead atoms. The number of aliphatic hydroxyl groups excluding tert-OH is 1. The van der Waals surface area contributed by atoms with Gasteiger partial charge < -0.3 is 19.9 Å². The highest BCUT2D eigenvalue weighted by Gasteiger charge is 2.35. The molecule has 1 fully saturated rings. The second-order valence-electron chi connectivity index (χ2n) is 5.04. The van der Waals surface area contributed by atoms with Crippen LogP contribution in [0.5, 0.6) is 5.75 Å². The number of hydrogen-bond acceptors (Lipinski definition) is 4. The summed E-state index contributed by atoms with van der Waals surface area (Å²) in [5, 5.41) is 12.8. The number of rotatable bonds is 5. The Morgan fingerprint density at radius 3 is 2.55 bits per heavy atom. The van der Waals surface area contributed by atoms with E-state index < -0.39 is 6.10 Å². The molecule has 3 atom stereocenters. The summed E-state index contributed by atoms with van der Waals surface area (Å²) in [6.07, 6.45) is 1.01. The Kier molecular flexibility index (Phi) is 4.98. The van der Waals surface area contributed by atoms with Crippen LogP contribution in [0.4, 0.5) is 0 Å². The van der Waals surface area contributed by atoms with E-state index in [2.05, 4.69) is 5.32 Å². The maximum Gasteiger partial charge on any atom is 0.224 e. The van der Waals surface area contributed by atoms with Crippen molar-refractivity contribution in [1.29, 1.82) is 0 Å². The van der Waals surface area contributed by atoms with Gasteiger partial charge in [0.15, 0.2) is 0 Å². The summed E-state index contributed by atoms with van der Waals surface area (Å²) in [7, 11) is 3.19. The molecule has 0 heterocycles. The standard InChI is InChI=1S/C15H21NO4/c1-19-11-5-3-10(4-6-11)9-14(17)16-12-7-8-13(20-2)15(12)18/h3-6,12-13,15,18H,7-9H2,1-2H3,(H,16,17)/t12-,13-,15-/m1/s1. The fraction of sp³-hybridized carbons (Fsp3) is 0.533. The molecule has 0 aliphatic heterocycles. The van der Waals surface area contributed by atoms with E-state index in [9.17, 15) is 9.90 Å². The largest absolute Gasteiger partial charge is 0.497 e. The molecule has 20 heavy (non-hydrogen) atoms. The molecule has 2 N–H and O–H groups in total. The van der Waals surface area contributed by atoms with Crippen molar-refractivity contribution in [2.75, 3.05) is 14.2 Å². The van der Waals surface area contributed by atoms with Gasteiger partial charge in [-0.15, -0.1) is 0 Å². The molecule has 1 aromatic rings. The quantitative estimate of drug-likeness (QED) is 0.840. The Labute approximate surface area is 118 Å². The van der Waals surface area contributed by atoms with Crippen molar-refractivity contribution in [2.24, 2.45) is 0 Å². The number of carbonyl (C=O) groups excluding carboxylic acids is 1. The lowest BCUT2D eigenvalue weighted by Gasteiger charge is -2.19. The van der Waals surface area contributed by atoms with Crippen LogP contribution in [-0.4, -0.2) is 43.5 Å². The number of ether oxygens (including phenoxy) is 2. The molecule has 1 aliphatic carbocycles. The highest BCUT2D eigenvalue weighted by atomic mass is 16.5. The molecular weight excluding hydrogens is 258 g/mol. The molecule has 110 valence electrons. The second-order valence-corrected chi connectivity index (χ2v) is 5.04. The number of nitrogens with one attached hydrogen (secondary N) is 1. The van der Waals surface area contributed by atoms with E-state index >= 15 is 0 Å². The van der Waals surface area contributed by atoms with Gasteiger partial charge in [0.1, 0.15) is 11.9 Å². The van der Waals surface area contributed by atoms with E-state index in [-0.39, 0.29) is 18.1 Å². The first-order chi connectivity index (χ1) is 9.63. The van der Waals surface area contributed by atoms with Gasteiger partial charge in [-0.05, 0) is 30.5 Å². The molecule has 0 spiro atoms. The number of benzene rings is 1. The number of hydrogen-bond donors (Lipinski definition) is 2. The van der Waals surface area contributed by atoms with Crippen molar-refractivity contribution >= 4 is 5.91 Å². The van der Waals surface area contributed by atoms with Crippen LogP contribution in [0.2, 0.25) is 0 Å². The summed E-state index contributed by atoms with van der Waals surface area (Å²) in [5.41, 5.74) is 0.916. The Morgan fingerprint density at radius 2 is 2.00 bits per heavy atom. The van der Waals surface area contributed by atoms with E-state index in [1.54, 1.807) is 14.2 Å². The molecule has 1 amide bonds. The molecule has 0 aromatic heterocycles. The lowest BCUT2D eigenvalue weighted by molar-refractivity contribution is -0.122. The topological polar surface area (TPSA) is 67.8 Å². The van der Waals surface area contributed by atoms with Gasteiger partial charge in [0.05, 0.1) is 25.7 Å². The third kappa shape index (κ3) is 3.49. The summed E-state index contributed by atoms with van der Waals surface area (Å²) >= 11 is 0. The van der Waals surface area contributed by atoms with Gasteiger partial charge in [-0.2, -0.15) is 0 Å². The maximum atomic E-state index is 12.0. The lowest BCUT2D eigenvalue weighted by atomic mass is 10.1. The third-order valence-corrected chi connectivity index (χ3v) is 3.73. The fourth-order valence-corrected chi connectivity index (χ4v) is 2.55. The first-order valence-electron chi connectivity index (χ1n) is 6.77. The van der Waals surface area contributed by atoms with Crippen LogP contribution in [0.1, 0.15) is 18.4 Å². The second kappa shape index (κ2) is 6.72. The van der Waals surface area contributed by atoms with E-state index in [1.807, 2.05) is 24.3 Å². The molecule has 0 unspecified atom stereocenters. The first-order valence-corrected chi connectivity index (χ1v) is 6.77. The van der Waals surface area contributed by atoms with Crippen LogP contribution < -0.4 is 10.1 Å². The smallest absolute Gasteiger partial charge is 0.224 e. The Balaban J connectivity index is 1.86. The molecule has 5 nitrogen and oxygen atoms in total. The lowest BCUT2D eigenvalue weighted by Crippen LogP contribution is -2.43. The summed E-state index contributed by atoms with van der Waals surface area (Å²) in [6, 6.07) is 7.16. The minimum absolute atomic E-state index is 0.0871. The van der Waals surface area contributed by atoms with Gasteiger partial charge in [-0.25, -0.2) is 0 Å². The average molecular weight is 279 g/mol. The van der Waals surface area contributed by atoms with Crippen LogP contribution in [0, 0.1) is 0 Å². The molecule has 1 saturated carbocycles. The van der Waals surface area contributed by atoms with Crippen molar-refractivity contribution in [3.8, 4) is 5.75 Å². The highest BCUT2D eigenvalue weighted by Crippen LogP contribution is 2.22. The van der Waals surface area contributed by atoms with Crippen molar-refractivity contribution in [1.82, 2.24) is 5.32 Å². The van der Waals surface area contributed by atoms with Crippen LogP contribution in [0.15, 0.2) is 24.3 Å². The Hall–Kier alpha value is -1.59.